The number of carbonyl (C=O) groups is 1. The molecule has 2 fully saturated rings. The molecule has 1 aromatic carbocycles. The Morgan fingerprint density at radius 2 is 1.81 bits per heavy atom. The van der Waals surface area contributed by atoms with E-state index in [-0.39, 0.29) is 48.8 Å². The van der Waals surface area contributed by atoms with E-state index in [4.69, 9.17) is 16.3 Å². The van der Waals surface area contributed by atoms with Gasteiger partial charge in [0, 0.05) is 70.4 Å². The van der Waals surface area contributed by atoms with Gasteiger partial charge in [0.2, 0.25) is 11.9 Å². The highest BCUT2D eigenvalue weighted by atomic mass is 35.5. The van der Waals surface area contributed by atoms with E-state index in [0.29, 0.717) is 42.4 Å². The summed E-state index contributed by atoms with van der Waals surface area (Å²) >= 11 is 6.40. The number of piperidine rings is 1. The number of aryl methyl sites for hydroxylation is 2. The maximum Gasteiger partial charge on any atom is 0.316 e. The lowest BCUT2D eigenvalue weighted by Crippen LogP contribution is -2.52. The summed E-state index contributed by atoms with van der Waals surface area (Å²) in [6.07, 6.45) is 3.21. The van der Waals surface area contributed by atoms with Gasteiger partial charge in [0.1, 0.15) is 5.02 Å². The maximum atomic E-state index is 14.4. The van der Waals surface area contributed by atoms with Crippen molar-refractivity contribution in [1.82, 2.24) is 24.4 Å². The first-order valence-electron chi connectivity index (χ1n) is 14.5. The van der Waals surface area contributed by atoms with E-state index in [0.717, 1.165) is 12.8 Å². The largest absolute Gasteiger partial charge is 0.381 e. The number of ether oxygens (including phenoxy) is 1. The van der Waals surface area contributed by atoms with Crippen LogP contribution in [0.2, 0.25) is 5.02 Å². The minimum Gasteiger partial charge on any atom is -0.381 e. The van der Waals surface area contributed by atoms with Gasteiger partial charge in [-0.3, -0.25) is 14.4 Å². The molecule has 2 N–H and O–H groups in total. The van der Waals surface area contributed by atoms with Crippen molar-refractivity contribution in [3.8, 4) is 0 Å². The molecule has 232 valence electrons. The summed E-state index contributed by atoms with van der Waals surface area (Å²) in [4.78, 5) is 48.8. The number of alkyl halides is 2. The van der Waals surface area contributed by atoms with Crippen LogP contribution in [0.3, 0.4) is 0 Å². The highest BCUT2D eigenvalue weighted by Crippen LogP contribution is 2.39. The number of amides is 1. The molecule has 0 saturated carbocycles. The number of aromatic nitrogens is 4. The normalized spacial score (nSPS) is 20.7. The second-order valence-electron chi connectivity index (χ2n) is 11.5. The smallest absolute Gasteiger partial charge is 0.316 e. The number of nitrogens with one attached hydrogen (secondary N) is 2. The Hall–Kier alpha value is -3.58. The van der Waals surface area contributed by atoms with Crippen molar-refractivity contribution in [2.45, 2.75) is 45.6 Å². The number of nitrogens with zero attached hydrogens (tertiary/aromatic N) is 5. The Bertz CT molecular complexity index is 1610. The fourth-order valence-electron chi connectivity index (χ4n) is 5.67. The van der Waals surface area contributed by atoms with Crippen LogP contribution in [0.4, 0.5) is 26.2 Å². The van der Waals surface area contributed by atoms with Crippen LogP contribution < -0.4 is 26.7 Å². The molecule has 0 aliphatic carbocycles. The molecule has 3 aromatic rings. The van der Waals surface area contributed by atoms with E-state index in [2.05, 4.69) is 20.6 Å². The molecule has 43 heavy (non-hydrogen) atoms. The SMILES string of the molecule is C[C@@H]1CN(c2ncc(Cl)c(Nc3ccc4c(c3)n(CCC(=O)NCC3CCOCC3)c(=O)c(=O)n4C)n2)C[C@H](C)C1(F)F. The predicted molar refractivity (Wildman–Crippen MR) is 160 cm³/mol. The summed E-state index contributed by atoms with van der Waals surface area (Å²) < 4.78 is 36.7. The molecule has 2 aliphatic rings. The molecule has 2 aliphatic heterocycles. The Morgan fingerprint density at radius 1 is 1.12 bits per heavy atom. The van der Waals surface area contributed by atoms with Crippen LogP contribution in [-0.4, -0.2) is 63.8 Å². The molecule has 0 radical (unpaired) electrons. The van der Waals surface area contributed by atoms with Crippen molar-refractivity contribution >= 4 is 46.0 Å². The average molecular weight is 620 g/mol. The van der Waals surface area contributed by atoms with E-state index < -0.39 is 28.9 Å². The summed E-state index contributed by atoms with van der Waals surface area (Å²) in [6.45, 7) is 5.13. The molecule has 2 aromatic heterocycles. The van der Waals surface area contributed by atoms with E-state index in [1.807, 2.05) is 0 Å². The Morgan fingerprint density at radius 3 is 2.51 bits per heavy atom. The Balaban J connectivity index is 1.37. The van der Waals surface area contributed by atoms with Gasteiger partial charge in [-0.2, -0.15) is 4.98 Å². The quantitative estimate of drug-likeness (QED) is 0.367. The number of fused-ring (bicyclic) bond motifs is 1. The Kier molecular flexibility index (Phi) is 9.02. The number of halogens is 3. The van der Waals surface area contributed by atoms with E-state index in [1.165, 1.54) is 36.2 Å². The fraction of sp³-hybridized carbons (Fsp3) is 0.552. The van der Waals surface area contributed by atoms with Gasteiger partial charge < -0.3 is 29.4 Å². The van der Waals surface area contributed by atoms with E-state index in [9.17, 15) is 23.2 Å². The van der Waals surface area contributed by atoms with Crippen LogP contribution in [0.15, 0.2) is 34.0 Å². The maximum absolute atomic E-state index is 14.4. The van der Waals surface area contributed by atoms with Gasteiger partial charge in [0.05, 0.1) is 17.2 Å². The summed E-state index contributed by atoms with van der Waals surface area (Å²) in [7, 11) is 1.52. The minimum absolute atomic E-state index is 0.0167. The second-order valence-corrected chi connectivity index (χ2v) is 11.9. The molecule has 14 heteroatoms. The summed E-state index contributed by atoms with van der Waals surface area (Å²) in [6, 6.07) is 5.08. The highest BCUT2D eigenvalue weighted by molar-refractivity contribution is 6.32. The summed E-state index contributed by atoms with van der Waals surface area (Å²) in [5.41, 5.74) is 0.0265. The zero-order valence-electron chi connectivity index (χ0n) is 24.4. The molecule has 2 saturated heterocycles. The molecule has 5 rings (SSSR count). The van der Waals surface area contributed by atoms with Gasteiger partial charge >= 0.3 is 11.1 Å². The number of carbonyl (C=O) groups excluding carboxylic acids is 1. The standard InChI is InChI=1S/C29H36ClF2N7O4/c1-17-15-38(16-18(2)29(17,31)32)28-34-14-21(30)25(36-28)35-20-4-5-22-23(12-20)39(27(42)26(41)37(22)3)9-6-24(40)33-13-19-7-10-43-11-8-19/h4-5,12,14,17-19H,6-11,13,15-16H2,1-3H3,(H,33,40)(H,34,35,36)/t17-,18+. The van der Waals surface area contributed by atoms with Crippen LogP contribution in [0.5, 0.6) is 0 Å². The van der Waals surface area contributed by atoms with Crippen molar-refractivity contribution < 1.29 is 18.3 Å². The van der Waals surface area contributed by atoms with Crippen molar-refractivity contribution in [1.29, 1.82) is 0 Å². The molecule has 2 atom stereocenters. The second kappa shape index (κ2) is 12.6. The van der Waals surface area contributed by atoms with Crippen LogP contribution in [0.25, 0.3) is 11.0 Å². The molecule has 0 bridgehead atoms. The lowest BCUT2D eigenvalue weighted by Gasteiger charge is -2.41. The van der Waals surface area contributed by atoms with Crippen LogP contribution >= 0.6 is 11.6 Å². The molecule has 1 amide bonds. The zero-order valence-corrected chi connectivity index (χ0v) is 25.2. The fourth-order valence-corrected chi connectivity index (χ4v) is 5.81. The van der Waals surface area contributed by atoms with Gasteiger partial charge in [0.15, 0.2) is 5.82 Å². The highest BCUT2D eigenvalue weighted by Gasteiger charge is 2.47. The number of hydrogen-bond acceptors (Lipinski definition) is 8. The first-order valence-corrected chi connectivity index (χ1v) is 14.8. The minimum atomic E-state index is -2.78. The first-order chi connectivity index (χ1) is 20.5. The lowest BCUT2D eigenvalue weighted by atomic mass is 9.87. The molecule has 4 heterocycles. The predicted octanol–water partition coefficient (Wildman–Crippen LogP) is 3.55. The number of rotatable bonds is 8. The summed E-state index contributed by atoms with van der Waals surface area (Å²) in [5.74, 6) is -3.85. The average Bonchev–Trinajstić information content (AvgIpc) is 2.99. The van der Waals surface area contributed by atoms with Crippen LogP contribution in [0.1, 0.15) is 33.1 Å². The molecule has 11 nitrogen and oxygen atoms in total. The van der Waals surface area contributed by atoms with Gasteiger partial charge in [-0.05, 0) is 37.0 Å². The first kappa shape index (κ1) is 30.9. The molecular weight excluding hydrogens is 584 g/mol. The van der Waals surface area contributed by atoms with Crippen molar-refractivity contribution in [3.05, 3.63) is 50.1 Å². The number of anilines is 3. The van der Waals surface area contributed by atoms with Gasteiger partial charge in [-0.15, -0.1) is 0 Å². The summed E-state index contributed by atoms with van der Waals surface area (Å²) in [5, 5.41) is 6.28. The lowest BCUT2D eigenvalue weighted by molar-refractivity contribution is -0.121. The van der Waals surface area contributed by atoms with Gasteiger partial charge in [-0.25, -0.2) is 13.8 Å². The molecule has 0 unspecified atom stereocenters. The monoisotopic (exact) mass is 619 g/mol. The van der Waals surface area contributed by atoms with Crippen molar-refractivity contribution in [2.75, 3.05) is 43.1 Å². The third-order valence-electron chi connectivity index (χ3n) is 8.43. The van der Waals surface area contributed by atoms with E-state index >= 15 is 0 Å². The molecule has 0 spiro atoms. The topological polar surface area (TPSA) is 123 Å². The number of hydrogen-bond donors (Lipinski definition) is 2. The van der Waals surface area contributed by atoms with Crippen molar-refractivity contribution in [2.24, 2.45) is 24.8 Å². The third kappa shape index (κ3) is 6.52. The van der Waals surface area contributed by atoms with Gasteiger partial charge in [0.25, 0.3) is 5.92 Å². The number of benzene rings is 1. The molecular formula is C29H36ClF2N7O4. The van der Waals surface area contributed by atoms with E-state index in [1.54, 1.807) is 23.1 Å². The van der Waals surface area contributed by atoms with Crippen LogP contribution in [0, 0.1) is 17.8 Å². The Labute approximate surface area is 252 Å². The van der Waals surface area contributed by atoms with Gasteiger partial charge in [-0.1, -0.05) is 25.4 Å². The van der Waals surface area contributed by atoms with Crippen LogP contribution in [-0.2, 0) is 23.1 Å². The van der Waals surface area contributed by atoms with Crippen molar-refractivity contribution in [3.63, 3.8) is 0 Å². The third-order valence-corrected chi connectivity index (χ3v) is 8.71. The zero-order chi connectivity index (χ0) is 30.9.